The fraction of sp³-hybridized carbons (Fsp3) is 0.583. The molecule has 0 saturated carbocycles. The summed E-state index contributed by atoms with van der Waals surface area (Å²) in [6, 6.07) is 0. The molecule has 0 aliphatic heterocycles. The zero-order chi connectivity index (χ0) is 13.5. The molecule has 0 spiro atoms. The molecule has 0 bridgehead atoms. The van der Waals surface area contributed by atoms with Gasteiger partial charge in [0.15, 0.2) is 4.96 Å². The van der Waals surface area contributed by atoms with Crippen molar-refractivity contribution in [2.24, 2.45) is 0 Å². The number of fused-ring (bicyclic) bond motifs is 1. The number of nitrogens with one attached hydrogen (secondary N) is 1. The van der Waals surface area contributed by atoms with Crippen LogP contribution < -0.4 is 10.1 Å². The van der Waals surface area contributed by atoms with Crippen LogP contribution in [0.5, 0.6) is 5.88 Å². The molecule has 2 rings (SSSR count). The summed E-state index contributed by atoms with van der Waals surface area (Å²) in [6.45, 7) is 2.71. The maximum Gasteiger partial charge on any atom is 0.237 e. The zero-order valence-electron chi connectivity index (χ0n) is 11.0. The Morgan fingerprint density at radius 2 is 2.37 bits per heavy atom. The third-order valence-corrected chi connectivity index (χ3v) is 3.44. The average molecular weight is 285 g/mol. The highest BCUT2D eigenvalue weighted by Gasteiger charge is 2.12. The third-order valence-electron chi connectivity index (χ3n) is 2.69. The molecule has 0 radical (unpaired) electrons. The predicted molar refractivity (Wildman–Crippen MR) is 73.8 cm³/mol. The highest BCUT2D eigenvalue weighted by Crippen LogP contribution is 2.22. The minimum absolute atomic E-state index is 0.0800. The second-order valence-corrected chi connectivity index (χ2v) is 4.86. The second kappa shape index (κ2) is 7.44. The Balaban J connectivity index is 1.79. The number of imidazole rings is 1. The molecule has 0 atom stereocenters. The molecule has 0 unspecified atom stereocenters. The SMILES string of the molecule is COc1nc2sccn2c1CNCCCOCCO. The van der Waals surface area contributed by atoms with Gasteiger partial charge >= 0.3 is 0 Å². The highest BCUT2D eigenvalue weighted by molar-refractivity contribution is 7.15. The van der Waals surface area contributed by atoms with Crippen LogP contribution in [0.4, 0.5) is 0 Å². The number of hydrogen-bond donors (Lipinski definition) is 2. The van der Waals surface area contributed by atoms with Gasteiger partial charge in [0.25, 0.3) is 0 Å². The van der Waals surface area contributed by atoms with E-state index >= 15 is 0 Å². The van der Waals surface area contributed by atoms with Gasteiger partial charge in [0, 0.05) is 24.7 Å². The van der Waals surface area contributed by atoms with Crippen LogP contribution in [0, 0.1) is 0 Å². The van der Waals surface area contributed by atoms with E-state index in [1.807, 2.05) is 16.0 Å². The lowest BCUT2D eigenvalue weighted by Gasteiger charge is -2.06. The van der Waals surface area contributed by atoms with Gasteiger partial charge in [-0.2, -0.15) is 4.98 Å². The second-order valence-electron chi connectivity index (χ2n) is 3.99. The summed E-state index contributed by atoms with van der Waals surface area (Å²) in [7, 11) is 1.64. The standard InChI is InChI=1S/C12H19N3O3S/c1-17-11-10(15-4-8-19-12(15)14-11)9-13-3-2-6-18-7-5-16/h4,8,13,16H,2-3,5-7,9H2,1H3. The van der Waals surface area contributed by atoms with E-state index in [9.17, 15) is 0 Å². The number of ether oxygens (including phenoxy) is 2. The first-order valence-corrected chi connectivity index (χ1v) is 7.12. The first-order chi connectivity index (χ1) is 9.36. The Hall–Kier alpha value is -1.15. The van der Waals surface area contributed by atoms with E-state index in [0.717, 1.165) is 23.6 Å². The van der Waals surface area contributed by atoms with Crippen LogP contribution >= 0.6 is 11.3 Å². The fourth-order valence-corrected chi connectivity index (χ4v) is 2.53. The molecule has 19 heavy (non-hydrogen) atoms. The van der Waals surface area contributed by atoms with Gasteiger partial charge in [0.05, 0.1) is 20.3 Å². The van der Waals surface area contributed by atoms with Crippen LogP contribution in [0.3, 0.4) is 0 Å². The lowest BCUT2D eigenvalue weighted by Crippen LogP contribution is -2.18. The number of rotatable bonds is 9. The van der Waals surface area contributed by atoms with Crippen LogP contribution in [0.25, 0.3) is 4.96 Å². The van der Waals surface area contributed by atoms with E-state index in [1.165, 1.54) is 0 Å². The van der Waals surface area contributed by atoms with E-state index in [4.69, 9.17) is 14.6 Å². The Bertz CT molecular complexity index is 497. The summed E-state index contributed by atoms with van der Waals surface area (Å²) >= 11 is 1.59. The van der Waals surface area contributed by atoms with Crippen LogP contribution in [0.2, 0.25) is 0 Å². The number of methoxy groups -OCH3 is 1. The minimum Gasteiger partial charge on any atom is -0.480 e. The molecule has 2 heterocycles. The molecule has 0 aliphatic carbocycles. The topological polar surface area (TPSA) is 68.0 Å². The van der Waals surface area contributed by atoms with Gasteiger partial charge in [-0.15, -0.1) is 11.3 Å². The number of hydrogen-bond acceptors (Lipinski definition) is 6. The monoisotopic (exact) mass is 285 g/mol. The normalized spacial score (nSPS) is 11.3. The maximum absolute atomic E-state index is 8.57. The summed E-state index contributed by atoms with van der Waals surface area (Å²) in [5, 5.41) is 13.9. The number of nitrogens with zero attached hydrogens (tertiary/aromatic N) is 2. The van der Waals surface area contributed by atoms with Crippen LogP contribution in [-0.2, 0) is 11.3 Å². The summed E-state index contributed by atoms with van der Waals surface area (Å²) < 4.78 is 12.5. The number of thiazole rings is 1. The first-order valence-electron chi connectivity index (χ1n) is 6.24. The molecule has 2 N–H and O–H groups in total. The van der Waals surface area contributed by atoms with Crippen molar-refractivity contribution in [3.05, 3.63) is 17.3 Å². The van der Waals surface area contributed by atoms with Crippen molar-refractivity contribution < 1.29 is 14.6 Å². The highest BCUT2D eigenvalue weighted by atomic mass is 32.1. The van der Waals surface area contributed by atoms with Gasteiger partial charge in [-0.05, 0) is 13.0 Å². The zero-order valence-corrected chi connectivity index (χ0v) is 11.8. The molecule has 106 valence electrons. The largest absolute Gasteiger partial charge is 0.480 e. The predicted octanol–water partition coefficient (Wildman–Crippen LogP) is 0.893. The lowest BCUT2D eigenvalue weighted by atomic mass is 10.4. The van der Waals surface area contributed by atoms with E-state index < -0.39 is 0 Å². The Morgan fingerprint density at radius 1 is 1.47 bits per heavy atom. The van der Waals surface area contributed by atoms with Crippen molar-refractivity contribution in [3.8, 4) is 5.88 Å². The van der Waals surface area contributed by atoms with E-state index in [1.54, 1.807) is 18.4 Å². The van der Waals surface area contributed by atoms with Crippen molar-refractivity contribution in [3.63, 3.8) is 0 Å². The van der Waals surface area contributed by atoms with Gasteiger partial charge in [-0.25, -0.2) is 0 Å². The van der Waals surface area contributed by atoms with Crippen LogP contribution in [0.1, 0.15) is 12.1 Å². The summed E-state index contributed by atoms with van der Waals surface area (Å²) in [5.74, 6) is 0.677. The van der Waals surface area contributed by atoms with Gasteiger partial charge in [0.2, 0.25) is 5.88 Å². The summed E-state index contributed by atoms with van der Waals surface area (Å²) in [6.07, 6.45) is 2.91. The van der Waals surface area contributed by atoms with Gasteiger partial charge < -0.3 is 19.9 Å². The minimum atomic E-state index is 0.0800. The quantitative estimate of drug-likeness (QED) is 0.670. The molecule has 7 heteroatoms. The Labute approximate surface area is 116 Å². The molecule has 2 aromatic heterocycles. The third kappa shape index (κ3) is 3.66. The van der Waals surface area contributed by atoms with Gasteiger partial charge in [-0.1, -0.05) is 0 Å². The molecule has 2 aromatic rings. The Morgan fingerprint density at radius 3 is 3.16 bits per heavy atom. The molecular formula is C12H19N3O3S. The molecular weight excluding hydrogens is 266 g/mol. The summed E-state index contributed by atoms with van der Waals surface area (Å²) in [5.41, 5.74) is 1.04. The number of aliphatic hydroxyl groups is 1. The van der Waals surface area contributed by atoms with Gasteiger partial charge in [-0.3, -0.25) is 4.40 Å². The van der Waals surface area contributed by atoms with Crippen molar-refractivity contribution in [1.29, 1.82) is 0 Å². The Kier molecular flexibility index (Phi) is 5.59. The van der Waals surface area contributed by atoms with Crippen LogP contribution in [0.15, 0.2) is 11.6 Å². The molecule has 0 amide bonds. The van der Waals surface area contributed by atoms with Crippen molar-refractivity contribution in [2.75, 3.05) is 33.5 Å². The lowest BCUT2D eigenvalue weighted by molar-refractivity contribution is 0.0907. The van der Waals surface area contributed by atoms with E-state index in [-0.39, 0.29) is 6.61 Å². The molecule has 0 aliphatic rings. The van der Waals surface area contributed by atoms with Crippen molar-refractivity contribution >= 4 is 16.3 Å². The van der Waals surface area contributed by atoms with Crippen LogP contribution in [-0.4, -0.2) is 48.0 Å². The van der Waals surface area contributed by atoms with Crippen molar-refractivity contribution in [1.82, 2.24) is 14.7 Å². The molecule has 0 fully saturated rings. The molecule has 6 nitrogen and oxygen atoms in total. The summed E-state index contributed by atoms with van der Waals surface area (Å²) in [4.78, 5) is 5.34. The van der Waals surface area contributed by atoms with E-state index in [2.05, 4.69) is 10.3 Å². The van der Waals surface area contributed by atoms with Crippen molar-refractivity contribution in [2.45, 2.75) is 13.0 Å². The fourth-order valence-electron chi connectivity index (χ4n) is 1.81. The number of aromatic nitrogens is 2. The molecule has 0 saturated heterocycles. The average Bonchev–Trinajstić information content (AvgIpc) is 2.99. The number of aliphatic hydroxyl groups excluding tert-OH is 1. The first kappa shape index (κ1) is 14.3. The smallest absolute Gasteiger partial charge is 0.237 e. The van der Waals surface area contributed by atoms with E-state index in [0.29, 0.717) is 25.6 Å². The maximum atomic E-state index is 8.57. The van der Waals surface area contributed by atoms with Gasteiger partial charge in [0.1, 0.15) is 5.69 Å². The molecule has 0 aromatic carbocycles.